The van der Waals surface area contributed by atoms with E-state index in [2.05, 4.69) is 14.8 Å². The summed E-state index contributed by atoms with van der Waals surface area (Å²) in [5, 5.41) is 13.5. The molecular weight excluding hydrogens is 253 g/mol. The van der Waals surface area contributed by atoms with Crippen LogP contribution in [0.5, 0.6) is 0 Å². The Labute approximate surface area is 108 Å². The van der Waals surface area contributed by atoms with Crippen LogP contribution in [0.1, 0.15) is 29.2 Å². The van der Waals surface area contributed by atoms with Crippen LogP contribution in [0.25, 0.3) is 5.69 Å². The highest BCUT2D eigenvalue weighted by Gasteiger charge is 2.18. The van der Waals surface area contributed by atoms with Crippen LogP contribution in [0.2, 0.25) is 0 Å². The molecule has 0 bridgehead atoms. The normalized spacial score (nSPS) is 12.2. The minimum Gasteiger partial charge on any atom is -0.463 e. The second kappa shape index (κ2) is 5.15. The predicted octanol–water partition coefficient (Wildman–Crippen LogP) is 1.25. The van der Waals surface area contributed by atoms with Gasteiger partial charge in [0.25, 0.3) is 5.82 Å². The van der Waals surface area contributed by atoms with Crippen LogP contribution in [0.15, 0.2) is 24.5 Å². The lowest BCUT2D eigenvalue weighted by Crippen LogP contribution is -2.08. The Bertz CT molecular complexity index is 610. The maximum atomic E-state index is 13.9. The van der Waals surface area contributed by atoms with Gasteiger partial charge in [0.2, 0.25) is 0 Å². The molecule has 0 unspecified atom stereocenters. The van der Waals surface area contributed by atoms with Gasteiger partial charge in [0, 0.05) is 5.56 Å². The average Bonchev–Trinajstić information content (AvgIpc) is 2.86. The Morgan fingerprint density at radius 2 is 2.26 bits per heavy atom. The molecule has 0 aliphatic rings. The van der Waals surface area contributed by atoms with Crippen LogP contribution in [-0.2, 0) is 4.74 Å². The van der Waals surface area contributed by atoms with Crippen LogP contribution in [0.3, 0.4) is 0 Å². The van der Waals surface area contributed by atoms with Crippen molar-refractivity contribution in [2.45, 2.75) is 13.0 Å². The van der Waals surface area contributed by atoms with E-state index < -0.39 is 17.9 Å². The van der Waals surface area contributed by atoms with Crippen molar-refractivity contribution in [3.8, 4) is 5.69 Å². The van der Waals surface area contributed by atoms with Gasteiger partial charge in [0.15, 0.2) is 0 Å². The zero-order chi connectivity index (χ0) is 14.0. The summed E-state index contributed by atoms with van der Waals surface area (Å²) in [7, 11) is 1.20. The van der Waals surface area contributed by atoms with Crippen molar-refractivity contribution in [2.24, 2.45) is 0 Å². The number of ether oxygens (including phenoxy) is 1. The lowest BCUT2D eigenvalue weighted by Gasteiger charge is -2.12. The number of halogens is 1. The first-order valence-electron chi connectivity index (χ1n) is 5.51. The number of methoxy groups -OCH3 is 1. The predicted molar refractivity (Wildman–Crippen MR) is 63.3 cm³/mol. The van der Waals surface area contributed by atoms with Crippen molar-refractivity contribution in [2.75, 3.05) is 7.11 Å². The molecule has 0 amide bonds. The average molecular weight is 265 g/mol. The van der Waals surface area contributed by atoms with Gasteiger partial charge in [0.1, 0.15) is 17.8 Å². The fourth-order valence-electron chi connectivity index (χ4n) is 1.67. The van der Waals surface area contributed by atoms with E-state index in [1.165, 1.54) is 32.5 Å². The third-order valence-electron chi connectivity index (χ3n) is 2.56. The number of esters is 1. The number of aliphatic hydroxyl groups is 1. The largest absolute Gasteiger partial charge is 0.463 e. The third kappa shape index (κ3) is 2.45. The number of carbonyl (C=O) groups excluding carboxylic acids is 1. The number of benzene rings is 1. The molecule has 19 heavy (non-hydrogen) atoms. The highest BCUT2D eigenvalue weighted by Crippen LogP contribution is 2.23. The molecule has 0 radical (unpaired) electrons. The zero-order valence-electron chi connectivity index (χ0n) is 10.4. The summed E-state index contributed by atoms with van der Waals surface area (Å²) in [6, 6.07) is 4.29. The lowest BCUT2D eigenvalue weighted by molar-refractivity contribution is 0.0587. The van der Waals surface area contributed by atoms with Gasteiger partial charge in [-0.2, -0.15) is 0 Å². The smallest absolute Gasteiger partial charge is 0.377 e. The third-order valence-corrected chi connectivity index (χ3v) is 2.56. The van der Waals surface area contributed by atoms with Gasteiger partial charge in [-0.1, -0.05) is 12.1 Å². The van der Waals surface area contributed by atoms with Gasteiger partial charge >= 0.3 is 5.97 Å². The first kappa shape index (κ1) is 13.2. The summed E-state index contributed by atoms with van der Waals surface area (Å²) in [6.07, 6.45) is 0.313. The van der Waals surface area contributed by atoms with E-state index >= 15 is 0 Å². The van der Waals surface area contributed by atoms with E-state index in [4.69, 9.17) is 0 Å². The molecule has 1 N–H and O–H groups in total. The van der Waals surface area contributed by atoms with Gasteiger partial charge in [0.05, 0.1) is 13.2 Å². The molecule has 2 aromatic rings. The summed E-state index contributed by atoms with van der Waals surface area (Å²) < 4.78 is 19.4. The molecule has 0 fully saturated rings. The number of carbonyl (C=O) groups is 1. The van der Waals surface area contributed by atoms with E-state index in [9.17, 15) is 14.3 Å². The lowest BCUT2D eigenvalue weighted by atomic mass is 10.1. The van der Waals surface area contributed by atoms with E-state index in [0.717, 1.165) is 4.68 Å². The Hall–Kier alpha value is -2.28. The first-order valence-corrected chi connectivity index (χ1v) is 5.51. The van der Waals surface area contributed by atoms with Gasteiger partial charge in [-0.15, -0.1) is 5.10 Å². The quantitative estimate of drug-likeness (QED) is 0.845. The van der Waals surface area contributed by atoms with Crippen molar-refractivity contribution in [1.29, 1.82) is 0 Å². The fourth-order valence-corrected chi connectivity index (χ4v) is 1.67. The number of nitrogens with zero attached hydrogens (tertiary/aromatic N) is 3. The Balaban J connectivity index is 2.53. The highest BCUT2D eigenvalue weighted by molar-refractivity contribution is 5.84. The molecule has 1 atom stereocenters. The van der Waals surface area contributed by atoms with Crippen LogP contribution < -0.4 is 0 Å². The standard InChI is InChI=1S/C12H12FN3O3/c1-7(17)8-4-3-5-9(13)10(8)16-6-14-11(15-16)12(18)19-2/h3-7,17H,1-2H3/t7-/m0/s1. The molecular formula is C12H12FN3O3. The van der Waals surface area contributed by atoms with Crippen molar-refractivity contribution in [3.63, 3.8) is 0 Å². The molecule has 0 aliphatic heterocycles. The minimum absolute atomic E-state index is 0.0557. The summed E-state index contributed by atoms with van der Waals surface area (Å²) in [5.41, 5.74) is 0.404. The molecule has 1 aromatic carbocycles. The summed E-state index contributed by atoms with van der Waals surface area (Å²) >= 11 is 0. The summed E-state index contributed by atoms with van der Waals surface area (Å²) in [6.45, 7) is 1.51. The molecule has 7 heteroatoms. The maximum Gasteiger partial charge on any atom is 0.377 e. The Morgan fingerprint density at radius 3 is 2.89 bits per heavy atom. The Morgan fingerprint density at radius 1 is 1.53 bits per heavy atom. The fraction of sp³-hybridized carbons (Fsp3) is 0.250. The first-order chi connectivity index (χ1) is 9.04. The van der Waals surface area contributed by atoms with Crippen molar-refractivity contribution >= 4 is 5.97 Å². The van der Waals surface area contributed by atoms with Crippen molar-refractivity contribution in [1.82, 2.24) is 14.8 Å². The molecule has 6 nitrogen and oxygen atoms in total. The van der Waals surface area contributed by atoms with Crippen molar-refractivity contribution < 1.29 is 19.0 Å². The highest BCUT2D eigenvalue weighted by atomic mass is 19.1. The van der Waals surface area contributed by atoms with Crippen molar-refractivity contribution in [3.05, 3.63) is 41.7 Å². The molecule has 1 heterocycles. The summed E-state index contributed by atoms with van der Waals surface area (Å²) in [5.74, 6) is -1.46. The minimum atomic E-state index is -0.878. The second-order valence-corrected chi connectivity index (χ2v) is 3.86. The van der Waals surface area contributed by atoms with Gasteiger partial charge < -0.3 is 9.84 Å². The van der Waals surface area contributed by atoms with Crippen LogP contribution in [0, 0.1) is 5.82 Å². The molecule has 1 aromatic heterocycles. The SMILES string of the molecule is COC(=O)c1ncn(-c2c(F)cccc2[C@H](C)O)n1. The Kier molecular flexibility index (Phi) is 3.57. The number of hydrogen-bond donors (Lipinski definition) is 1. The van der Waals surface area contributed by atoms with Gasteiger partial charge in [-0.05, 0) is 13.0 Å². The zero-order valence-corrected chi connectivity index (χ0v) is 10.4. The number of hydrogen-bond acceptors (Lipinski definition) is 5. The molecule has 100 valence electrons. The van der Waals surface area contributed by atoms with E-state index in [-0.39, 0.29) is 11.5 Å². The number of aromatic nitrogens is 3. The van der Waals surface area contributed by atoms with Crippen LogP contribution in [0.4, 0.5) is 4.39 Å². The summed E-state index contributed by atoms with van der Waals surface area (Å²) in [4.78, 5) is 15.0. The number of rotatable bonds is 3. The van der Waals surface area contributed by atoms with E-state index in [1.54, 1.807) is 6.07 Å². The maximum absolute atomic E-state index is 13.9. The van der Waals surface area contributed by atoms with Gasteiger partial charge in [-0.3, -0.25) is 0 Å². The second-order valence-electron chi connectivity index (χ2n) is 3.86. The molecule has 0 spiro atoms. The van der Waals surface area contributed by atoms with Crippen LogP contribution >= 0.6 is 0 Å². The van der Waals surface area contributed by atoms with Gasteiger partial charge in [-0.25, -0.2) is 18.9 Å². The molecule has 0 saturated heterocycles. The molecule has 2 rings (SSSR count). The number of para-hydroxylation sites is 1. The van der Waals surface area contributed by atoms with E-state index in [0.29, 0.717) is 5.56 Å². The topological polar surface area (TPSA) is 77.2 Å². The van der Waals surface area contributed by atoms with E-state index in [1.807, 2.05) is 0 Å². The van der Waals surface area contributed by atoms with Crippen LogP contribution in [-0.4, -0.2) is 33.0 Å². The molecule has 0 aliphatic carbocycles. The monoisotopic (exact) mass is 265 g/mol. The number of aliphatic hydroxyl groups excluding tert-OH is 1. The molecule has 0 saturated carbocycles.